The molecule has 0 aliphatic carbocycles. The summed E-state index contributed by atoms with van der Waals surface area (Å²) in [5.74, 6) is 2.17. The van der Waals surface area contributed by atoms with Gasteiger partial charge in [-0.2, -0.15) is 15.0 Å². The molecule has 0 aliphatic rings. The Kier molecular flexibility index (Phi) is 4.76. The molecule has 0 unspecified atom stereocenters. The Morgan fingerprint density at radius 2 is 1.81 bits per heavy atom. The van der Waals surface area contributed by atoms with Gasteiger partial charge < -0.3 is 19.7 Å². The smallest absolute Gasteiger partial charge is 0.328 e. The molecule has 0 saturated carbocycles. The number of hydrogen-bond donors (Lipinski definition) is 1. The second kappa shape index (κ2) is 6.74. The van der Waals surface area contributed by atoms with Crippen molar-refractivity contribution in [3.05, 3.63) is 24.3 Å². The van der Waals surface area contributed by atoms with Gasteiger partial charge in [-0.05, 0) is 19.1 Å². The van der Waals surface area contributed by atoms with Gasteiger partial charge in [-0.25, -0.2) is 0 Å². The van der Waals surface area contributed by atoms with E-state index in [4.69, 9.17) is 9.47 Å². The largest absolute Gasteiger partial charge is 0.490 e. The van der Waals surface area contributed by atoms with Gasteiger partial charge in [0, 0.05) is 21.1 Å². The predicted octanol–water partition coefficient (Wildman–Crippen LogP) is 2.17. The molecule has 7 nitrogen and oxygen atoms in total. The predicted molar refractivity (Wildman–Crippen MR) is 81.4 cm³/mol. The summed E-state index contributed by atoms with van der Waals surface area (Å²) in [6, 6.07) is 7.61. The van der Waals surface area contributed by atoms with Gasteiger partial charge >= 0.3 is 6.01 Å². The van der Waals surface area contributed by atoms with Crippen molar-refractivity contribution in [1.82, 2.24) is 15.0 Å². The van der Waals surface area contributed by atoms with Crippen molar-refractivity contribution in [1.29, 1.82) is 0 Å². The van der Waals surface area contributed by atoms with Crippen LogP contribution in [0.1, 0.15) is 6.92 Å². The van der Waals surface area contributed by atoms with Crippen LogP contribution in [0.5, 0.6) is 17.5 Å². The van der Waals surface area contributed by atoms with Crippen LogP contribution in [-0.4, -0.2) is 42.7 Å². The molecule has 7 heteroatoms. The van der Waals surface area contributed by atoms with Gasteiger partial charge in [-0.3, -0.25) is 0 Å². The molecule has 0 atom stereocenters. The highest BCUT2D eigenvalue weighted by atomic mass is 16.5. The van der Waals surface area contributed by atoms with Gasteiger partial charge in [0.2, 0.25) is 11.9 Å². The first-order valence-electron chi connectivity index (χ1n) is 6.65. The van der Waals surface area contributed by atoms with Crippen LogP contribution in [0, 0.1) is 0 Å². The van der Waals surface area contributed by atoms with Gasteiger partial charge in [0.05, 0.1) is 6.61 Å². The molecule has 1 N–H and O–H groups in total. The molecule has 0 fully saturated rings. The van der Waals surface area contributed by atoms with Crippen molar-refractivity contribution < 1.29 is 9.47 Å². The number of nitrogens with one attached hydrogen (secondary N) is 1. The number of benzene rings is 1. The van der Waals surface area contributed by atoms with Gasteiger partial charge in [-0.1, -0.05) is 12.1 Å². The van der Waals surface area contributed by atoms with Crippen LogP contribution in [-0.2, 0) is 0 Å². The third-order valence-corrected chi connectivity index (χ3v) is 2.58. The topological polar surface area (TPSA) is 72.4 Å². The summed E-state index contributed by atoms with van der Waals surface area (Å²) in [5.41, 5.74) is 0. The fourth-order valence-corrected chi connectivity index (χ4v) is 1.61. The first-order valence-corrected chi connectivity index (χ1v) is 6.65. The van der Waals surface area contributed by atoms with E-state index >= 15 is 0 Å². The summed E-state index contributed by atoms with van der Waals surface area (Å²) < 4.78 is 11.3. The molecule has 0 saturated heterocycles. The van der Waals surface area contributed by atoms with Crippen molar-refractivity contribution in [2.45, 2.75) is 6.92 Å². The van der Waals surface area contributed by atoms with Crippen LogP contribution in [0.4, 0.5) is 11.9 Å². The van der Waals surface area contributed by atoms with Gasteiger partial charge in [-0.15, -0.1) is 0 Å². The van der Waals surface area contributed by atoms with E-state index in [0.717, 1.165) is 0 Å². The van der Waals surface area contributed by atoms with E-state index < -0.39 is 0 Å². The third-order valence-electron chi connectivity index (χ3n) is 2.58. The summed E-state index contributed by atoms with van der Waals surface area (Å²) >= 11 is 0. The Bertz CT molecular complexity index is 604. The molecule has 1 aromatic heterocycles. The normalized spacial score (nSPS) is 10.1. The minimum atomic E-state index is 0.213. The zero-order valence-corrected chi connectivity index (χ0v) is 12.6. The molecule has 1 aromatic carbocycles. The lowest BCUT2D eigenvalue weighted by molar-refractivity contribution is 0.317. The maximum absolute atomic E-state index is 5.74. The quantitative estimate of drug-likeness (QED) is 0.873. The molecule has 21 heavy (non-hydrogen) atoms. The molecule has 0 amide bonds. The number of nitrogens with zero attached hydrogens (tertiary/aromatic N) is 4. The Hall–Kier alpha value is -2.57. The molecule has 0 radical (unpaired) electrons. The Balaban J connectivity index is 2.32. The third kappa shape index (κ3) is 3.71. The van der Waals surface area contributed by atoms with Gasteiger partial charge in [0.15, 0.2) is 11.5 Å². The summed E-state index contributed by atoms with van der Waals surface area (Å²) in [5, 5.41) is 2.89. The summed E-state index contributed by atoms with van der Waals surface area (Å²) in [7, 11) is 5.45. The van der Waals surface area contributed by atoms with E-state index in [0.29, 0.717) is 30.0 Å². The zero-order valence-electron chi connectivity index (χ0n) is 12.6. The number of ether oxygens (including phenoxy) is 2. The average Bonchev–Trinajstić information content (AvgIpc) is 2.49. The molecule has 1 heterocycles. The zero-order chi connectivity index (χ0) is 15.2. The Labute approximate surface area is 124 Å². The molecule has 112 valence electrons. The van der Waals surface area contributed by atoms with E-state index in [-0.39, 0.29) is 6.01 Å². The average molecular weight is 289 g/mol. The van der Waals surface area contributed by atoms with Crippen LogP contribution in [0.25, 0.3) is 0 Å². The maximum Gasteiger partial charge on any atom is 0.328 e. The second-order valence-corrected chi connectivity index (χ2v) is 4.37. The van der Waals surface area contributed by atoms with Crippen LogP contribution in [0.2, 0.25) is 0 Å². The van der Waals surface area contributed by atoms with Crippen LogP contribution >= 0.6 is 0 Å². The van der Waals surface area contributed by atoms with E-state index in [1.165, 1.54) is 0 Å². The van der Waals surface area contributed by atoms with E-state index in [9.17, 15) is 0 Å². The summed E-state index contributed by atoms with van der Waals surface area (Å²) in [6.45, 7) is 2.48. The van der Waals surface area contributed by atoms with Gasteiger partial charge in [0.1, 0.15) is 0 Å². The van der Waals surface area contributed by atoms with Crippen molar-refractivity contribution in [3.8, 4) is 17.5 Å². The lowest BCUT2D eigenvalue weighted by Crippen LogP contribution is -2.15. The number of hydrogen-bond acceptors (Lipinski definition) is 7. The van der Waals surface area contributed by atoms with Crippen LogP contribution < -0.4 is 19.7 Å². The Morgan fingerprint density at radius 3 is 2.43 bits per heavy atom. The molecular formula is C14H19N5O2. The maximum atomic E-state index is 5.74. The number of anilines is 2. The highest BCUT2D eigenvalue weighted by Gasteiger charge is 2.11. The number of para-hydroxylation sites is 2. The van der Waals surface area contributed by atoms with E-state index in [2.05, 4.69) is 20.3 Å². The van der Waals surface area contributed by atoms with E-state index in [1.807, 2.05) is 45.3 Å². The second-order valence-electron chi connectivity index (χ2n) is 4.37. The fraction of sp³-hybridized carbons (Fsp3) is 0.357. The molecule has 0 spiro atoms. The summed E-state index contributed by atoms with van der Waals surface area (Å²) in [4.78, 5) is 14.5. The van der Waals surface area contributed by atoms with Crippen molar-refractivity contribution in [2.75, 3.05) is 38.0 Å². The highest BCUT2D eigenvalue weighted by Crippen LogP contribution is 2.30. The monoisotopic (exact) mass is 289 g/mol. The molecular weight excluding hydrogens is 270 g/mol. The highest BCUT2D eigenvalue weighted by molar-refractivity contribution is 5.42. The SMILES string of the molecule is CCOc1ccccc1Oc1nc(NC)nc(N(C)C)n1. The minimum Gasteiger partial charge on any atom is -0.490 e. The van der Waals surface area contributed by atoms with Crippen molar-refractivity contribution >= 4 is 11.9 Å². The molecule has 0 bridgehead atoms. The summed E-state index contributed by atoms with van der Waals surface area (Å²) in [6.07, 6.45) is 0. The van der Waals surface area contributed by atoms with Crippen molar-refractivity contribution in [2.24, 2.45) is 0 Å². The molecule has 0 aliphatic heterocycles. The standard InChI is InChI=1S/C14H19N5O2/c1-5-20-10-8-6-7-9-11(10)21-14-17-12(15-2)16-13(18-14)19(3)4/h6-9H,5H2,1-4H3,(H,15,16,17,18). The first-order chi connectivity index (χ1) is 10.1. The number of rotatable bonds is 6. The van der Waals surface area contributed by atoms with Crippen molar-refractivity contribution in [3.63, 3.8) is 0 Å². The first kappa shape index (κ1) is 14.8. The Morgan fingerprint density at radius 1 is 1.10 bits per heavy atom. The van der Waals surface area contributed by atoms with Crippen LogP contribution in [0.15, 0.2) is 24.3 Å². The molecule has 2 rings (SSSR count). The van der Waals surface area contributed by atoms with E-state index in [1.54, 1.807) is 11.9 Å². The lowest BCUT2D eigenvalue weighted by atomic mass is 10.3. The fourth-order valence-electron chi connectivity index (χ4n) is 1.61. The van der Waals surface area contributed by atoms with Gasteiger partial charge in [0.25, 0.3) is 0 Å². The molecule has 2 aromatic rings. The minimum absolute atomic E-state index is 0.213. The number of aromatic nitrogens is 3. The lowest BCUT2D eigenvalue weighted by Gasteiger charge is -2.14. The van der Waals surface area contributed by atoms with Crippen LogP contribution in [0.3, 0.4) is 0 Å².